The molecule has 0 N–H and O–H groups in total. The fraction of sp³-hybridized carbons (Fsp3) is 0.179. The summed E-state index contributed by atoms with van der Waals surface area (Å²) < 4.78 is 5.06. The Balaban J connectivity index is 1.38. The van der Waals surface area contributed by atoms with E-state index in [0.29, 0.717) is 17.0 Å². The van der Waals surface area contributed by atoms with Gasteiger partial charge in [-0.25, -0.2) is 4.90 Å². The van der Waals surface area contributed by atoms with Crippen molar-refractivity contribution in [3.8, 4) is 5.75 Å². The van der Waals surface area contributed by atoms with Crippen molar-refractivity contribution >= 4 is 46.2 Å². The minimum Gasteiger partial charge on any atom is -0.427 e. The molecule has 2 saturated heterocycles. The maximum atomic E-state index is 13.8. The first-order valence-electron chi connectivity index (χ1n) is 11.6. The molecule has 0 saturated carbocycles. The zero-order valence-corrected chi connectivity index (χ0v) is 19.3. The third-order valence-corrected chi connectivity index (χ3v) is 6.95. The number of Topliss-reactive ketones (excluding diaryl/α,β-unsaturated/α-hetero) is 1. The number of imide groups is 1. The van der Waals surface area contributed by atoms with Crippen molar-refractivity contribution < 1.29 is 23.9 Å². The highest BCUT2D eigenvalue weighted by molar-refractivity contribution is 6.25. The molecule has 178 valence electrons. The van der Waals surface area contributed by atoms with Gasteiger partial charge in [-0.15, -0.1) is 0 Å². The number of fused-ring (bicyclic) bond motifs is 4. The fourth-order valence-corrected chi connectivity index (χ4v) is 5.43. The number of amides is 2. The van der Waals surface area contributed by atoms with E-state index in [4.69, 9.17) is 4.74 Å². The van der Waals surface area contributed by atoms with Crippen LogP contribution in [-0.2, 0) is 14.4 Å². The summed E-state index contributed by atoms with van der Waals surface area (Å²) in [6.07, 6.45) is 5.10. The Hall–Kier alpha value is -4.59. The molecule has 0 aromatic heterocycles. The average Bonchev–Trinajstić information content (AvgIpc) is 3.36. The molecule has 8 nitrogen and oxygen atoms in total. The molecule has 0 aliphatic carbocycles. The average molecular weight is 479 g/mol. The van der Waals surface area contributed by atoms with Crippen LogP contribution in [0.5, 0.6) is 5.75 Å². The first-order valence-corrected chi connectivity index (χ1v) is 11.6. The van der Waals surface area contributed by atoms with Gasteiger partial charge in [0, 0.05) is 18.7 Å². The Labute approximate surface area is 206 Å². The molecule has 3 aromatic carbocycles. The standard InChI is InChI=1S/C28H21N3O5/c1-16(32)36-21-12-9-18(10-13-21)26(33)25-24-23(22-7-4-14-29-31(22)25)27(34)30(28(24)35)20-11-8-17-5-2-3-6-19(17)15-20/h2-15,22-25H,1H3/t22-,23-,24-,25+/m0/s1. The Morgan fingerprint density at radius 3 is 2.36 bits per heavy atom. The highest BCUT2D eigenvalue weighted by Crippen LogP contribution is 2.46. The molecular weight excluding hydrogens is 458 g/mol. The lowest BCUT2D eigenvalue weighted by Gasteiger charge is -2.30. The van der Waals surface area contributed by atoms with E-state index in [1.54, 1.807) is 35.5 Å². The number of ether oxygens (including phenoxy) is 1. The van der Waals surface area contributed by atoms with E-state index in [-0.39, 0.29) is 11.7 Å². The number of hydrazone groups is 1. The number of allylic oxidation sites excluding steroid dienone is 1. The first-order chi connectivity index (χ1) is 17.4. The Morgan fingerprint density at radius 1 is 0.889 bits per heavy atom. The van der Waals surface area contributed by atoms with Gasteiger partial charge < -0.3 is 4.74 Å². The van der Waals surface area contributed by atoms with Crippen molar-refractivity contribution in [3.63, 3.8) is 0 Å². The maximum Gasteiger partial charge on any atom is 0.308 e. The van der Waals surface area contributed by atoms with Crippen LogP contribution in [0.25, 0.3) is 10.8 Å². The summed E-state index contributed by atoms with van der Waals surface area (Å²) in [5.41, 5.74) is 0.828. The number of rotatable bonds is 4. The maximum absolute atomic E-state index is 13.8. The molecule has 3 aliphatic rings. The third-order valence-electron chi connectivity index (χ3n) is 6.95. The predicted octanol–water partition coefficient (Wildman–Crippen LogP) is 3.36. The third kappa shape index (κ3) is 3.33. The van der Waals surface area contributed by atoms with Crippen LogP contribution >= 0.6 is 0 Å². The summed E-state index contributed by atoms with van der Waals surface area (Å²) in [6, 6.07) is 17.9. The van der Waals surface area contributed by atoms with E-state index < -0.39 is 35.8 Å². The van der Waals surface area contributed by atoms with Crippen LogP contribution in [0.1, 0.15) is 17.3 Å². The quantitative estimate of drug-likeness (QED) is 0.246. The summed E-state index contributed by atoms with van der Waals surface area (Å²) >= 11 is 0. The largest absolute Gasteiger partial charge is 0.427 e. The smallest absolute Gasteiger partial charge is 0.308 e. The second-order valence-corrected chi connectivity index (χ2v) is 9.04. The van der Waals surface area contributed by atoms with Gasteiger partial charge in [0.25, 0.3) is 0 Å². The van der Waals surface area contributed by atoms with Gasteiger partial charge in [-0.05, 0) is 53.2 Å². The minimum atomic E-state index is -0.942. The van der Waals surface area contributed by atoms with Crippen LogP contribution in [0.15, 0.2) is 84.0 Å². The lowest BCUT2D eigenvalue weighted by atomic mass is 9.86. The molecule has 0 radical (unpaired) electrons. The summed E-state index contributed by atoms with van der Waals surface area (Å²) in [4.78, 5) is 53.6. The van der Waals surface area contributed by atoms with Crippen molar-refractivity contribution in [3.05, 3.63) is 84.4 Å². The molecule has 2 amide bonds. The zero-order valence-electron chi connectivity index (χ0n) is 19.3. The van der Waals surface area contributed by atoms with E-state index in [0.717, 1.165) is 10.8 Å². The number of carbonyl (C=O) groups is 4. The summed E-state index contributed by atoms with van der Waals surface area (Å²) in [6.45, 7) is 1.30. The molecule has 6 rings (SSSR count). The van der Waals surface area contributed by atoms with Crippen LogP contribution in [0.2, 0.25) is 0 Å². The van der Waals surface area contributed by atoms with Crippen LogP contribution in [0.4, 0.5) is 5.69 Å². The number of anilines is 1. The van der Waals surface area contributed by atoms with Crippen LogP contribution in [-0.4, -0.2) is 46.9 Å². The molecule has 0 bridgehead atoms. The monoisotopic (exact) mass is 479 g/mol. The van der Waals surface area contributed by atoms with Gasteiger partial charge in [0.2, 0.25) is 11.8 Å². The molecule has 0 spiro atoms. The summed E-state index contributed by atoms with van der Waals surface area (Å²) in [7, 11) is 0. The second-order valence-electron chi connectivity index (χ2n) is 9.04. The van der Waals surface area contributed by atoms with Gasteiger partial charge in [-0.1, -0.05) is 36.4 Å². The molecule has 3 heterocycles. The van der Waals surface area contributed by atoms with Gasteiger partial charge >= 0.3 is 5.97 Å². The molecule has 3 aliphatic heterocycles. The SMILES string of the molecule is CC(=O)Oc1ccc(C(=O)[C@H]2[C@H]3C(=O)N(c4ccc5ccccc5c4)C(=O)[C@H]3[C@@H]3C=CC=NN32)cc1. The van der Waals surface area contributed by atoms with E-state index in [2.05, 4.69) is 5.10 Å². The minimum absolute atomic E-state index is 0.315. The van der Waals surface area contributed by atoms with E-state index in [9.17, 15) is 19.2 Å². The van der Waals surface area contributed by atoms with Gasteiger partial charge in [-0.2, -0.15) is 5.10 Å². The van der Waals surface area contributed by atoms with Crippen LogP contribution in [0.3, 0.4) is 0 Å². The second kappa shape index (κ2) is 8.27. The Kier molecular flexibility index (Phi) is 5.03. The molecule has 2 fully saturated rings. The van der Waals surface area contributed by atoms with Crippen molar-refractivity contribution in [2.45, 2.75) is 19.0 Å². The highest BCUT2D eigenvalue weighted by atomic mass is 16.5. The van der Waals surface area contributed by atoms with Crippen molar-refractivity contribution in [1.29, 1.82) is 0 Å². The Morgan fingerprint density at radius 2 is 1.61 bits per heavy atom. The normalized spacial score (nSPS) is 24.2. The number of benzene rings is 3. The van der Waals surface area contributed by atoms with Gasteiger partial charge in [0.1, 0.15) is 11.8 Å². The topological polar surface area (TPSA) is 96.3 Å². The Bertz CT molecular complexity index is 1490. The van der Waals surface area contributed by atoms with Crippen LogP contribution in [0, 0.1) is 11.8 Å². The number of carbonyl (C=O) groups excluding carboxylic acids is 4. The highest BCUT2D eigenvalue weighted by Gasteiger charge is 2.64. The number of ketones is 1. The lowest BCUT2D eigenvalue weighted by Crippen LogP contribution is -2.46. The number of nitrogens with zero attached hydrogens (tertiary/aromatic N) is 3. The summed E-state index contributed by atoms with van der Waals surface area (Å²) in [5.74, 6) is -2.83. The van der Waals surface area contributed by atoms with E-state index >= 15 is 0 Å². The molecule has 0 unspecified atom stereocenters. The van der Waals surface area contributed by atoms with Crippen LogP contribution < -0.4 is 9.64 Å². The number of hydrogen-bond donors (Lipinski definition) is 0. The molecule has 8 heteroatoms. The lowest BCUT2D eigenvalue weighted by molar-refractivity contribution is -0.132. The van der Waals surface area contributed by atoms with E-state index in [1.807, 2.05) is 42.5 Å². The molecule has 4 atom stereocenters. The number of esters is 1. The molecule has 3 aromatic rings. The van der Waals surface area contributed by atoms with Crippen molar-refractivity contribution in [1.82, 2.24) is 5.01 Å². The molecular formula is C28H21N3O5. The van der Waals surface area contributed by atoms with Crippen molar-refractivity contribution in [2.75, 3.05) is 4.90 Å². The summed E-state index contributed by atoms with van der Waals surface area (Å²) in [5, 5.41) is 7.86. The fourth-order valence-electron chi connectivity index (χ4n) is 5.43. The van der Waals surface area contributed by atoms with Gasteiger partial charge in [0.05, 0.1) is 23.6 Å². The van der Waals surface area contributed by atoms with Crippen molar-refractivity contribution in [2.24, 2.45) is 16.9 Å². The first kappa shape index (κ1) is 21.9. The zero-order chi connectivity index (χ0) is 25.0. The van der Waals surface area contributed by atoms with E-state index in [1.165, 1.54) is 24.0 Å². The number of hydrogen-bond acceptors (Lipinski definition) is 7. The predicted molar refractivity (Wildman–Crippen MR) is 133 cm³/mol. The molecule has 36 heavy (non-hydrogen) atoms. The van der Waals surface area contributed by atoms with Gasteiger partial charge in [0.15, 0.2) is 5.78 Å². The van der Waals surface area contributed by atoms with Gasteiger partial charge in [-0.3, -0.25) is 24.2 Å².